The molecule has 0 unspecified atom stereocenters. The molecule has 1 aromatic rings. The molecule has 0 aliphatic heterocycles. The fraction of sp³-hybridized carbons (Fsp3) is 0.684. The van der Waals surface area contributed by atoms with Gasteiger partial charge in [-0.3, -0.25) is 4.99 Å². The van der Waals surface area contributed by atoms with Crippen molar-refractivity contribution in [3.05, 3.63) is 29.0 Å². The van der Waals surface area contributed by atoms with E-state index < -0.39 is 0 Å². The second kappa shape index (κ2) is 14.5. The Kier molecular flexibility index (Phi) is 13.0. The van der Waals surface area contributed by atoms with Crippen molar-refractivity contribution in [3.63, 3.8) is 0 Å². The smallest absolute Gasteiger partial charge is 0.191 e. The molecule has 1 aliphatic carbocycles. The standard InChI is InChI=1S/C19H31ClN4O.HI/c1-2-21-19(23-13-11-16-9-10-18(20)24-15-16)22-12-6-14-25-17-7-4-3-5-8-17;/h9-10,15,17H,2-8,11-14H2,1H3,(H2,21,22,23);1H. The van der Waals surface area contributed by atoms with E-state index >= 15 is 0 Å². The number of nitrogens with one attached hydrogen (secondary N) is 2. The van der Waals surface area contributed by atoms with E-state index in [4.69, 9.17) is 16.3 Å². The van der Waals surface area contributed by atoms with Crippen LogP contribution in [0.4, 0.5) is 0 Å². The van der Waals surface area contributed by atoms with E-state index in [1.165, 1.54) is 32.1 Å². The predicted molar refractivity (Wildman–Crippen MR) is 120 cm³/mol. The summed E-state index contributed by atoms with van der Waals surface area (Å²) in [7, 11) is 0. The van der Waals surface area contributed by atoms with Gasteiger partial charge < -0.3 is 15.4 Å². The number of ether oxygens (including phenoxy) is 1. The second-order valence-electron chi connectivity index (χ2n) is 6.41. The lowest BCUT2D eigenvalue weighted by Gasteiger charge is -2.21. The van der Waals surface area contributed by atoms with Crippen LogP contribution in [-0.2, 0) is 11.2 Å². The largest absolute Gasteiger partial charge is 0.378 e. The van der Waals surface area contributed by atoms with Crippen LogP contribution in [-0.4, -0.2) is 43.3 Å². The van der Waals surface area contributed by atoms with Crippen molar-refractivity contribution < 1.29 is 4.74 Å². The average molecular weight is 495 g/mol. The van der Waals surface area contributed by atoms with E-state index in [0.717, 1.165) is 50.6 Å². The molecule has 0 amide bonds. The lowest BCUT2D eigenvalue weighted by molar-refractivity contribution is 0.0281. The lowest BCUT2D eigenvalue weighted by atomic mass is 9.98. The quantitative estimate of drug-likeness (QED) is 0.178. The molecule has 26 heavy (non-hydrogen) atoms. The van der Waals surface area contributed by atoms with Crippen LogP contribution in [0.5, 0.6) is 0 Å². The highest BCUT2D eigenvalue weighted by molar-refractivity contribution is 14.0. The first-order valence-electron chi connectivity index (χ1n) is 9.52. The van der Waals surface area contributed by atoms with Crippen LogP contribution >= 0.6 is 35.6 Å². The molecule has 0 bridgehead atoms. The summed E-state index contributed by atoms with van der Waals surface area (Å²) in [5, 5.41) is 7.17. The highest BCUT2D eigenvalue weighted by Crippen LogP contribution is 2.20. The zero-order valence-electron chi connectivity index (χ0n) is 15.7. The van der Waals surface area contributed by atoms with Crippen LogP contribution in [0.25, 0.3) is 0 Å². The number of guanidine groups is 1. The number of hydrogen-bond donors (Lipinski definition) is 2. The molecule has 1 heterocycles. The molecule has 0 atom stereocenters. The topological polar surface area (TPSA) is 58.5 Å². The maximum atomic E-state index is 5.95. The van der Waals surface area contributed by atoms with Crippen molar-refractivity contribution >= 4 is 41.5 Å². The maximum Gasteiger partial charge on any atom is 0.191 e. The third-order valence-electron chi connectivity index (χ3n) is 4.32. The third-order valence-corrected chi connectivity index (χ3v) is 4.54. The van der Waals surface area contributed by atoms with Crippen LogP contribution < -0.4 is 10.6 Å². The third kappa shape index (κ3) is 9.92. The molecular weight excluding hydrogens is 463 g/mol. The zero-order valence-corrected chi connectivity index (χ0v) is 18.8. The van der Waals surface area contributed by atoms with Gasteiger partial charge in [-0.1, -0.05) is 36.9 Å². The normalized spacial score (nSPS) is 15.4. The van der Waals surface area contributed by atoms with Crippen LogP contribution in [0.15, 0.2) is 23.3 Å². The molecule has 0 saturated heterocycles. The van der Waals surface area contributed by atoms with Gasteiger partial charge in [-0.2, -0.15) is 0 Å². The molecule has 0 radical (unpaired) electrons. The van der Waals surface area contributed by atoms with Gasteiger partial charge in [-0.25, -0.2) is 4.98 Å². The summed E-state index contributed by atoms with van der Waals surface area (Å²) < 4.78 is 5.95. The fourth-order valence-electron chi connectivity index (χ4n) is 2.96. The van der Waals surface area contributed by atoms with E-state index in [0.29, 0.717) is 11.3 Å². The number of nitrogens with zero attached hydrogens (tertiary/aromatic N) is 2. The van der Waals surface area contributed by atoms with Crippen molar-refractivity contribution in [2.75, 3.05) is 26.2 Å². The van der Waals surface area contributed by atoms with Crippen LogP contribution in [0.2, 0.25) is 5.15 Å². The van der Waals surface area contributed by atoms with Crippen molar-refractivity contribution in [2.24, 2.45) is 4.99 Å². The number of aromatic nitrogens is 1. The molecule has 1 aromatic heterocycles. The highest BCUT2D eigenvalue weighted by Gasteiger charge is 2.12. The molecular formula is C19H32ClIN4O. The zero-order chi connectivity index (χ0) is 17.7. The van der Waals surface area contributed by atoms with Crippen molar-refractivity contribution in [1.29, 1.82) is 0 Å². The van der Waals surface area contributed by atoms with E-state index in [9.17, 15) is 0 Å². The first kappa shape index (κ1) is 23.4. The first-order chi connectivity index (χ1) is 12.3. The van der Waals surface area contributed by atoms with Crippen molar-refractivity contribution in [3.8, 4) is 0 Å². The summed E-state index contributed by atoms with van der Waals surface area (Å²) in [5.41, 5.74) is 1.16. The summed E-state index contributed by atoms with van der Waals surface area (Å²) in [6.45, 7) is 5.34. The van der Waals surface area contributed by atoms with Crippen LogP contribution in [0.3, 0.4) is 0 Å². The van der Waals surface area contributed by atoms with Crippen LogP contribution in [0.1, 0.15) is 51.0 Å². The molecule has 2 N–H and O–H groups in total. The number of hydrogen-bond acceptors (Lipinski definition) is 3. The summed E-state index contributed by atoms with van der Waals surface area (Å²) in [5.74, 6) is 0.863. The molecule has 2 rings (SSSR count). The van der Waals surface area contributed by atoms with Gasteiger partial charge in [-0.05, 0) is 44.2 Å². The van der Waals surface area contributed by atoms with E-state index in [1.807, 2.05) is 18.3 Å². The fourth-order valence-corrected chi connectivity index (χ4v) is 3.07. The maximum absolute atomic E-state index is 5.95. The van der Waals surface area contributed by atoms with E-state index in [2.05, 4.69) is 27.5 Å². The minimum absolute atomic E-state index is 0. The monoisotopic (exact) mass is 494 g/mol. The molecule has 5 nitrogen and oxygen atoms in total. The number of pyridine rings is 1. The van der Waals surface area contributed by atoms with Gasteiger partial charge in [0.2, 0.25) is 0 Å². The van der Waals surface area contributed by atoms with Gasteiger partial charge in [0.1, 0.15) is 5.15 Å². The second-order valence-corrected chi connectivity index (χ2v) is 6.80. The van der Waals surface area contributed by atoms with Gasteiger partial charge in [-0.15, -0.1) is 24.0 Å². The molecule has 0 spiro atoms. The first-order valence-corrected chi connectivity index (χ1v) is 9.90. The minimum atomic E-state index is 0. The summed E-state index contributed by atoms with van der Waals surface area (Å²) in [6.07, 6.45) is 10.6. The van der Waals surface area contributed by atoms with Gasteiger partial charge >= 0.3 is 0 Å². The minimum Gasteiger partial charge on any atom is -0.378 e. The molecule has 0 aromatic carbocycles. The van der Waals surface area contributed by atoms with Gasteiger partial charge in [0.15, 0.2) is 5.96 Å². The van der Waals surface area contributed by atoms with Gasteiger partial charge in [0.25, 0.3) is 0 Å². The van der Waals surface area contributed by atoms with E-state index in [-0.39, 0.29) is 24.0 Å². The van der Waals surface area contributed by atoms with Crippen molar-refractivity contribution in [2.45, 2.75) is 58.0 Å². The molecule has 148 valence electrons. The SMILES string of the molecule is CCNC(=NCCCOC1CCCCC1)NCCc1ccc(Cl)nc1.I. The number of aliphatic imine (C=N–C) groups is 1. The molecule has 1 fully saturated rings. The Morgan fingerprint density at radius 2 is 2.08 bits per heavy atom. The Morgan fingerprint density at radius 1 is 1.27 bits per heavy atom. The molecule has 1 aliphatic rings. The molecule has 7 heteroatoms. The average Bonchev–Trinajstić information content (AvgIpc) is 2.64. The molecule has 1 saturated carbocycles. The summed E-state index contributed by atoms with van der Waals surface area (Å²) >= 11 is 5.80. The Labute approximate surface area is 179 Å². The lowest BCUT2D eigenvalue weighted by Crippen LogP contribution is -2.38. The Bertz CT molecular complexity index is 507. The summed E-state index contributed by atoms with van der Waals surface area (Å²) in [4.78, 5) is 8.72. The highest BCUT2D eigenvalue weighted by atomic mass is 127. The Balaban J connectivity index is 0.00000338. The number of halogens is 2. The predicted octanol–water partition coefficient (Wildman–Crippen LogP) is 4.19. The Hall–Kier alpha value is -0.600. The van der Waals surface area contributed by atoms with Gasteiger partial charge in [0, 0.05) is 32.4 Å². The van der Waals surface area contributed by atoms with Crippen molar-refractivity contribution in [1.82, 2.24) is 15.6 Å². The van der Waals surface area contributed by atoms with Gasteiger partial charge in [0.05, 0.1) is 6.10 Å². The van der Waals surface area contributed by atoms with E-state index in [1.54, 1.807) is 0 Å². The summed E-state index contributed by atoms with van der Waals surface area (Å²) in [6, 6.07) is 3.83. The Morgan fingerprint density at radius 3 is 2.77 bits per heavy atom. The number of rotatable bonds is 9. The van der Waals surface area contributed by atoms with Crippen LogP contribution in [0, 0.1) is 0 Å².